The van der Waals surface area contributed by atoms with Gasteiger partial charge in [-0.3, -0.25) is 0 Å². The second-order valence-corrected chi connectivity index (χ2v) is 2.51. The second kappa shape index (κ2) is 3.16. The monoisotopic (exact) mass is 100 g/mol. The molecule has 0 rings (SSSR count). The van der Waals surface area contributed by atoms with Crippen molar-refractivity contribution in [2.45, 2.75) is 19.9 Å². The summed E-state index contributed by atoms with van der Waals surface area (Å²) in [6.07, 6.45) is 2.27. The Bertz CT molecular complexity index is 51.0. The molecule has 0 aliphatic rings. The molecule has 1 heteroatoms. The Kier molecular flexibility index (Phi) is 3.14. The Morgan fingerprint density at radius 3 is 2.17 bits per heavy atom. The first-order valence-electron chi connectivity index (χ1n) is 2.40. The zero-order valence-electron chi connectivity index (χ0n) is 4.78. The maximum absolute atomic E-state index is 2.27. The highest BCUT2D eigenvalue weighted by atomic mass is 28.1. The van der Waals surface area contributed by atoms with Crippen LogP contribution < -0.4 is 0 Å². The molecule has 0 radical (unpaired) electrons. The highest BCUT2D eigenvalue weighted by Gasteiger charge is 1.67. The lowest BCUT2D eigenvalue weighted by Crippen LogP contribution is -1.61. The first-order valence-corrected chi connectivity index (χ1v) is 3.82. The highest BCUT2D eigenvalue weighted by molar-refractivity contribution is 6.09. The fraction of sp³-hybridized carbons (Fsp3) is 0.600. The zero-order chi connectivity index (χ0) is 4.99. The van der Waals surface area contributed by atoms with Crippen LogP contribution in [0.1, 0.15) is 13.8 Å². The standard InChI is InChI=1S/C5H12Si/c1-5(2)3-4-6/h3H,4H2,1-2,6H3. The Hall–Kier alpha value is -0.0431. The van der Waals surface area contributed by atoms with Gasteiger partial charge in [-0.05, 0) is 19.9 Å². The molecule has 0 aromatic heterocycles. The van der Waals surface area contributed by atoms with Gasteiger partial charge in [-0.25, -0.2) is 0 Å². The van der Waals surface area contributed by atoms with Crippen LogP contribution in [0.25, 0.3) is 0 Å². The molecule has 0 saturated carbocycles. The van der Waals surface area contributed by atoms with Gasteiger partial charge in [-0.15, -0.1) is 0 Å². The third-order valence-electron chi connectivity index (χ3n) is 0.612. The van der Waals surface area contributed by atoms with E-state index in [9.17, 15) is 0 Å². The quantitative estimate of drug-likeness (QED) is 0.337. The molecule has 0 aliphatic heterocycles. The van der Waals surface area contributed by atoms with E-state index in [-0.39, 0.29) is 0 Å². The van der Waals surface area contributed by atoms with E-state index in [0.717, 1.165) is 0 Å². The molecule has 0 nitrogen and oxygen atoms in total. The van der Waals surface area contributed by atoms with Crippen molar-refractivity contribution >= 4 is 10.2 Å². The van der Waals surface area contributed by atoms with Gasteiger partial charge in [0.2, 0.25) is 0 Å². The predicted octanol–water partition coefficient (Wildman–Crippen LogP) is 0.736. The molecule has 0 aliphatic carbocycles. The van der Waals surface area contributed by atoms with Crippen molar-refractivity contribution in [2.24, 2.45) is 0 Å². The Morgan fingerprint density at radius 2 is 2.17 bits per heavy atom. The van der Waals surface area contributed by atoms with Gasteiger partial charge in [0.25, 0.3) is 0 Å². The summed E-state index contributed by atoms with van der Waals surface area (Å²) in [5, 5.41) is 0. The lowest BCUT2D eigenvalue weighted by molar-refractivity contribution is 1.36. The minimum Gasteiger partial charge on any atom is -0.0894 e. The summed E-state index contributed by atoms with van der Waals surface area (Å²) in [4.78, 5) is 0. The normalized spacial score (nSPS) is 8.33. The summed E-state index contributed by atoms with van der Waals surface area (Å²) in [5.41, 5.74) is 1.45. The summed E-state index contributed by atoms with van der Waals surface area (Å²) in [6, 6.07) is 1.31. The topological polar surface area (TPSA) is 0 Å². The minimum atomic E-state index is 1.31. The highest BCUT2D eigenvalue weighted by Crippen LogP contribution is 1.87. The molecule has 0 heterocycles. The third kappa shape index (κ3) is 3.96. The van der Waals surface area contributed by atoms with Crippen LogP contribution in [0.4, 0.5) is 0 Å². The van der Waals surface area contributed by atoms with Crippen LogP contribution in [0, 0.1) is 0 Å². The molecule has 0 saturated heterocycles. The molecule has 0 bridgehead atoms. The molecule has 0 aromatic rings. The molecular weight excluding hydrogens is 88.1 g/mol. The largest absolute Gasteiger partial charge is 0.0894 e. The fourth-order valence-corrected chi connectivity index (χ4v) is 1.22. The Morgan fingerprint density at radius 1 is 1.67 bits per heavy atom. The van der Waals surface area contributed by atoms with Crippen LogP contribution in [-0.4, -0.2) is 10.2 Å². The van der Waals surface area contributed by atoms with Crippen LogP contribution in [-0.2, 0) is 0 Å². The third-order valence-corrected chi connectivity index (χ3v) is 1.02. The van der Waals surface area contributed by atoms with Crippen LogP contribution in [0.2, 0.25) is 6.04 Å². The van der Waals surface area contributed by atoms with Gasteiger partial charge in [-0.1, -0.05) is 11.6 Å². The predicted molar refractivity (Wildman–Crippen MR) is 34.2 cm³/mol. The molecule has 0 fully saturated rings. The van der Waals surface area contributed by atoms with Gasteiger partial charge >= 0.3 is 0 Å². The molecule has 0 N–H and O–H groups in total. The van der Waals surface area contributed by atoms with Gasteiger partial charge < -0.3 is 0 Å². The average Bonchev–Trinajstić information content (AvgIpc) is 1.35. The van der Waals surface area contributed by atoms with Crippen molar-refractivity contribution in [3.63, 3.8) is 0 Å². The Labute approximate surface area is 42.7 Å². The summed E-state index contributed by atoms with van der Waals surface area (Å²) in [5.74, 6) is 0. The maximum atomic E-state index is 2.27. The first-order chi connectivity index (χ1) is 2.77. The minimum absolute atomic E-state index is 1.31. The smallest absolute Gasteiger partial charge is 0.00756 e. The number of rotatable bonds is 1. The van der Waals surface area contributed by atoms with E-state index < -0.39 is 0 Å². The molecule has 0 unspecified atom stereocenters. The second-order valence-electron chi connectivity index (χ2n) is 1.69. The van der Waals surface area contributed by atoms with E-state index in [2.05, 4.69) is 19.9 Å². The molecule has 36 valence electrons. The van der Waals surface area contributed by atoms with Gasteiger partial charge in [0.15, 0.2) is 0 Å². The lowest BCUT2D eigenvalue weighted by Gasteiger charge is -1.80. The van der Waals surface area contributed by atoms with Crippen LogP contribution in [0.15, 0.2) is 11.6 Å². The molecule has 0 amide bonds. The molecule has 0 atom stereocenters. The molecule has 6 heavy (non-hydrogen) atoms. The van der Waals surface area contributed by atoms with Crippen molar-refractivity contribution in [1.82, 2.24) is 0 Å². The van der Waals surface area contributed by atoms with Crippen LogP contribution in [0.3, 0.4) is 0 Å². The van der Waals surface area contributed by atoms with Gasteiger partial charge in [0, 0.05) is 10.2 Å². The van der Waals surface area contributed by atoms with Gasteiger partial charge in [-0.2, -0.15) is 0 Å². The van der Waals surface area contributed by atoms with Crippen LogP contribution >= 0.6 is 0 Å². The number of hydrogen-bond acceptors (Lipinski definition) is 0. The van der Waals surface area contributed by atoms with E-state index >= 15 is 0 Å². The first kappa shape index (κ1) is 5.96. The van der Waals surface area contributed by atoms with Crippen molar-refractivity contribution in [2.75, 3.05) is 0 Å². The van der Waals surface area contributed by atoms with E-state index in [1.807, 2.05) is 0 Å². The summed E-state index contributed by atoms with van der Waals surface area (Å²) in [6.45, 7) is 4.27. The zero-order valence-corrected chi connectivity index (χ0v) is 6.78. The summed E-state index contributed by atoms with van der Waals surface area (Å²) >= 11 is 0. The van der Waals surface area contributed by atoms with Crippen molar-refractivity contribution in [1.29, 1.82) is 0 Å². The summed E-state index contributed by atoms with van der Waals surface area (Å²) < 4.78 is 0. The van der Waals surface area contributed by atoms with Crippen molar-refractivity contribution in [3.8, 4) is 0 Å². The van der Waals surface area contributed by atoms with Crippen molar-refractivity contribution in [3.05, 3.63) is 11.6 Å². The van der Waals surface area contributed by atoms with Gasteiger partial charge in [0.05, 0.1) is 0 Å². The van der Waals surface area contributed by atoms with E-state index in [0.29, 0.717) is 0 Å². The average molecular weight is 100 g/mol. The fourth-order valence-electron chi connectivity index (χ4n) is 0.408. The molecule has 0 spiro atoms. The molecule has 0 aromatic carbocycles. The van der Waals surface area contributed by atoms with E-state index in [1.165, 1.54) is 21.9 Å². The van der Waals surface area contributed by atoms with Crippen molar-refractivity contribution < 1.29 is 0 Å². The van der Waals surface area contributed by atoms with Crippen LogP contribution in [0.5, 0.6) is 0 Å². The van der Waals surface area contributed by atoms with E-state index in [1.54, 1.807) is 0 Å². The SMILES string of the molecule is CC(C)=CC[SiH3]. The summed E-state index contributed by atoms with van der Waals surface area (Å²) in [7, 11) is 1.31. The number of allylic oxidation sites excluding steroid dienone is 2. The Balaban J connectivity index is 3.14. The lowest BCUT2D eigenvalue weighted by atomic mass is 10.3. The number of hydrogen-bond donors (Lipinski definition) is 0. The maximum Gasteiger partial charge on any atom is 0.00756 e. The van der Waals surface area contributed by atoms with Gasteiger partial charge in [0.1, 0.15) is 0 Å². The van der Waals surface area contributed by atoms with E-state index in [4.69, 9.17) is 0 Å². The molecular formula is C5H12Si.